The van der Waals surface area contributed by atoms with Crippen molar-refractivity contribution in [3.05, 3.63) is 52.8 Å². The highest BCUT2D eigenvalue weighted by molar-refractivity contribution is 5.85. The van der Waals surface area contributed by atoms with Crippen LogP contribution < -0.4 is 5.32 Å². The lowest BCUT2D eigenvalue weighted by atomic mass is 9.91. The van der Waals surface area contributed by atoms with E-state index < -0.39 is 24.1 Å². The number of hydrogen-bond donors (Lipinski definition) is 3. The van der Waals surface area contributed by atoms with Crippen molar-refractivity contribution >= 4 is 11.9 Å². The predicted octanol–water partition coefficient (Wildman–Crippen LogP) is 3.32. The average molecular weight is 436 g/mol. The van der Waals surface area contributed by atoms with Gasteiger partial charge in [0.2, 0.25) is 5.95 Å². The maximum Gasteiger partial charge on any atom is 0.416 e. The Kier molecular flexibility index (Phi) is 5.61. The molecule has 1 aliphatic carbocycles. The number of rotatable bonds is 5. The first-order valence-corrected chi connectivity index (χ1v) is 10.1. The lowest BCUT2D eigenvalue weighted by Gasteiger charge is -2.26. The SMILES string of the molecule is Cc1cc(C(=O)O)nc(NC(O)N2C[C@H]3CC(c4ccccc4C(F)(F)F)C[C@H]3C2)n1. The van der Waals surface area contributed by atoms with Gasteiger partial charge in [-0.1, -0.05) is 18.2 Å². The minimum Gasteiger partial charge on any atom is -0.477 e. The number of aliphatic hydroxyl groups is 1. The van der Waals surface area contributed by atoms with Crippen LogP contribution in [0.4, 0.5) is 19.1 Å². The van der Waals surface area contributed by atoms with Gasteiger partial charge < -0.3 is 15.5 Å². The Morgan fingerprint density at radius 3 is 2.45 bits per heavy atom. The minimum absolute atomic E-state index is 0.0129. The first kappa shape index (κ1) is 21.5. The highest BCUT2D eigenvalue weighted by atomic mass is 19.4. The number of aryl methyl sites for hydroxylation is 1. The first-order chi connectivity index (χ1) is 14.6. The molecule has 166 valence electrons. The zero-order chi connectivity index (χ0) is 22.3. The van der Waals surface area contributed by atoms with Crippen molar-refractivity contribution in [2.45, 2.75) is 38.2 Å². The maximum atomic E-state index is 13.4. The average Bonchev–Trinajstić information content (AvgIpc) is 3.26. The van der Waals surface area contributed by atoms with Gasteiger partial charge in [0.1, 0.15) is 0 Å². The Balaban J connectivity index is 1.41. The topological polar surface area (TPSA) is 98.6 Å². The predicted molar refractivity (Wildman–Crippen MR) is 105 cm³/mol. The standard InChI is InChI=1S/C21H23F3N4O3/c1-11-6-17(18(29)30)26-19(25-11)27-20(31)28-9-13-7-12(8-14(13)10-28)15-4-2-3-5-16(15)21(22,23)24/h2-6,12-14,20,31H,7-10H2,1H3,(H,29,30)(H,25,26,27)/t12?,13-,14+,20?. The molecule has 0 radical (unpaired) electrons. The molecule has 2 aliphatic rings. The summed E-state index contributed by atoms with van der Waals surface area (Å²) in [7, 11) is 0. The van der Waals surface area contributed by atoms with Crippen LogP contribution in [0.1, 0.15) is 46.1 Å². The smallest absolute Gasteiger partial charge is 0.416 e. The Morgan fingerprint density at radius 2 is 1.84 bits per heavy atom. The van der Waals surface area contributed by atoms with E-state index in [1.165, 1.54) is 12.1 Å². The van der Waals surface area contributed by atoms with Crippen LogP contribution in [0.2, 0.25) is 0 Å². The van der Waals surface area contributed by atoms with Crippen LogP contribution in [0, 0.1) is 18.8 Å². The fraction of sp³-hybridized carbons (Fsp3) is 0.476. The van der Waals surface area contributed by atoms with Crippen LogP contribution in [0.25, 0.3) is 0 Å². The Labute approximate surface area is 176 Å². The summed E-state index contributed by atoms with van der Waals surface area (Å²) in [5.41, 5.74) is 0.0616. The van der Waals surface area contributed by atoms with Crippen molar-refractivity contribution < 1.29 is 28.2 Å². The number of carboxylic acid groups (broad SMARTS) is 1. The normalized spacial score (nSPS) is 24.7. The number of carboxylic acids is 1. The first-order valence-electron chi connectivity index (χ1n) is 10.1. The molecule has 2 unspecified atom stereocenters. The van der Waals surface area contributed by atoms with Gasteiger partial charge in [0, 0.05) is 18.8 Å². The number of nitrogens with one attached hydrogen (secondary N) is 1. The molecule has 31 heavy (non-hydrogen) atoms. The Bertz CT molecular complexity index is 971. The summed E-state index contributed by atoms with van der Waals surface area (Å²) in [5.74, 6) is -0.979. The van der Waals surface area contributed by atoms with Crippen LogP contribution in [0.15, 0.2) is 30.3 Å². The third-order valence-electron chi connectivity index (χ3n) is 6.16. The third-order valence-corrected chi connectivity index (χ3v) is 6.16. The molecule has 4 atom stereocenters. The molecule has 2 fully saturated rings. The molecule has 3 N–H and O–H groups in total. The molecule has 1 aromatic carbocycles. The highest BCUT2D eigenvalue weighted by Crippen LogP contribution is 2.49. The molecule has 10 heteroatoms. The van der Waals surface area contributed by atoms with Gasteiger partial charge in [0.25, 0.3) is 0 Å². The molecule has 2 aromatic rings. The summed E-state index contributed by atoms with van der Waals surface area (Å²) in [6, 6.07) is 7.09. The fourth-order valence-electron chi connectivity index (χ4n) is 4.85. The maximum absolute atomic E-state index is 13.4. The lowest BCUT2D eigenvalue weighted by Crippen LogP contribution is -2.40. The molecule has 0 bridgehead atoms. The summed E-state index contributed by atoms with van der Waals surface area (Å²) in [4.78, 5) is 20.9. The number of aliphatic hydroxyl groups excluding tert-OH is 1. The van der Waals surface area contributed by atoms with Crippen LogP contribution in [-0.4, -0.2) is 50.5 Å². The van der Waals surface area contributed by atoms with E-state index in [9.17, 15) is 23.1 Å². The molecule has 7 nitrogen and oxygen atoms in total. The number of halogens is 3. The summed E-state index contributed by atoms with van der Waals surface area (Å²) < 4.78 is 40.1. The van der Waals surface area contributed by atoms with Crippen LogP contribution >= 0.6 is 0 Å². The van der Waals surface area contributed by atoms with Crippen molar-refractivity contribution in [3.63, 3.8) is 0 Å². The number of nitrogens with zero attached hydrogens (tertiary/aromatic N) is 3. The van der Waals surface area contributed by atoms with E-state index in [-0.39, 0.29) is 29.4 Å². The minimum atomic E-state index is -4.37. The van der Waals surface area contributed by atoms with Gasteiger partial charge in [-0.3, -0.25) is 4.90 Å². The van der Waals surface area contributed by atoms with Gasteiger partial charge in [-0.05, 0) is 55.2 Å². The number of alkyl halides is 3. The number of aromatic carboxylic acids is 1. The molecule has 1 saturated carbocycles. The van der Waals surface area contributed by atoms with Crippen LogP contribution in [0.5, 0.6) is 0 Å². The molecule has 1 aromatic heterocycles. The molecule has 4 rings (SSSR count). The second-order valence-corrected chi connectivity index (χ2v) is 8.27. The van der Waals surface area contributed by atoms with Crippen molar-refractivity contribution in [2.75, 3.05) is 18.4 Å². The van der Waals surface area contributed by atoms with E-state index in [0.29, 0.717) is 37.2 Å². The fourth-order valence-corrected chi connectivity index (χ4v) is 4.85. The number of carbonyl (C=O) groups is 1. The largest absolute Gasteiger partial charge is 0.477 e. The van der Waals surface area contributed by atoms with Crippen LogP contribution in [0.3, 0.4) is 0 Å². The molecular formula is C21H23F3N4O3. The van der Waals surface area contributed by atoms with E-state index in [2.05, 4.69) is 15.3 Å². The highest BCUT2D eigenvalue weighted by Gasteiger charge is 2.45. The monoisotopic (exact) mass is 436 g/mol. The number of anilines is 1. The molecule has 1 saturated heterocycles. The van der Waals surface area contributed by atoms with Gasteiger partial charge in [0.05, 0.1) is 5.56 Å². The molecular weight excluding hydrogens is 413 g/mol. The van der Waals surface area contributed by atoms with E-state index in [1.807, 2.05) is 0 Å². The Morgan fingerprint density at radius 1 is 1.19 bits per heavy atom. The number of hydrogen-bond acceptors (Lipinski definition) is 6. The van der Waals surface area contributed by atoms with E-state index in [0.717, 1.165) is 6.07 Å². The molecule has 0 amide bonds. The van der Waals surface area contributed by atoms with E-state index in [1.54, 1.807) is 24.0 Å². The lowest BCUT2D eigenvalue weighted by molar-refractivity contribution is -0.138. The van der Waals surface area contributed by atoms with Gasteiger partial charge in [-0.2, -0.15) is 13.2 Å². The second-order valence-electron chi connectivity index (χ2n) is 8.27. The van der Waals surface area contributed by atoms with Gasteiger partial charge in [-0.15, -0.1) is 0 Å². The zero-order valence-corrected chi connectivity index (χ0v) is 16.8. The molecule has 1 aliphatic heterocycles. The van der Waals surface area contributed by atoms with Crippen molar-refractivity contribution in [2.24, 2.45) is 11.8 Å². The van der Waals surface area contributed by atoms with Gasteiger partial charge in [0.15, 0.2) is 12.0 Å². The van der Waals surface area contributed by atoms with E-state index >= 15 is 0 Å². The van der Waals surface area contributed by atoms with Crippen LogP contribution in [-0.2, 0) is 6.18 Å². The third kappa shape index (κ3) is 4.49. The number of fused-ring (bicyclic) bond motifs is 1. The second kappa shape index (κ2) is 8.08. The summed E-state index contributed by atoms with van der Waals surface area (Å²) >= 11 is 0. The molecule has 2 heterocycles. The summed E-state index contributed by atoms with van der Waals surface area (Å²) in [6.45, 7) is 2.69. The van der Waals surface area contributed by atoms with Crippen molar-refractivity contribution in [1.82, 2.24) is 14.9 Å². The number of likely N-dealkylation sites (tertiary alicyclic amines) is 1. The quantitative estimate of drug-likeness (QED) is 0.619. The van der Waals surface area contributed by atoms with Gasteiger partial charge >= 0.3 is 12.1 Å². The van der Waals surface area contributed by atoms with Crippen molar-refractivity contribution in [1.29, 1.82) is 0 Å². The number of benzene rings is 1. The summed E-state index contributed by atoms with van der Waals surface area (Å²) in [6.07, 6.45) is -4.23. The zero-order valence-electron chi connectivity index (χ0n) is 16.8. The summed E-state index contributed by atoms with van der Waals surface area (Å²) in [5, 5.41) is 22.4. The number of aromatic nitrogens is 2. The molecule has 0 spiro atoms. The Hall–Kier alpha value is -2.72. The van der Waals surface area contributed by atoms with Gasteiger partial charge in [-0.25, -0.2) is 14.8 Å². The van der Waals surface area contributed by atoms with E-state index in [4.69, 9.17) is 5.11 Å². The van der Waals surface area contributed by atoms with Crippen molar-refractivity contribution in [3.8, 4) is 0 Å².